The summed E-state index contributed by atoms with van der Waals surface area (Å²) in [5.74, 6) is 0.829. The quantitative estimate of drug-likeness (QED) is 0.620. The Labute approximate surface area is 161 Å². The number of aromatic nitrogens is 2. The molecule has 146 valence electrons. The van der Waals surface area contributed by atoms with Crippen molar-refractivity contribution in [3.05, 3.63) is 60.0 Å². The smallest absolute Gasteiger partial charge is 0.253 e. The zero-order chi connectivity index (χ0) is 20.1. The van der Waals surface area contributed by atoms with Gasteiger partial charge in [0.15, 0.2) is 0 Å². The first-order valence-corrected chi connectivity index (χ1v) is 10.1. The number of hydrogen-bond acceptors (Lipinski definition) is 7. The summed E-state index contributed by atoms with van der Waals surface area (Å²) in [5.41, 5.74) is 1.11. The first kappa shape index (κ1) is 19.4. The Morgan fingerprint density at radius 1 is 1.14 bits per heavy atom. The van der Waals surface area contributed by atoms with Crippen LogP contribution in [0, 0.1) is 0 Å². The van der Waals surface area contributed by atoms with Crippen LogP contribution in [0.25, 0.3) is 11.4 Å². The van der Waals surface area contributed by atoms with Gasteiger partial charge in [-0.2, -0.15) is 4.98 Å². The van der Waals surface area contributed by atoms with Gasteiger partial charge in [-0.05, 0) is 36.4 Å². The molecule has 0 atom stereocenters. The van der Waals surface area contributed by atoms with Crippen molar-refractivity contribution < 1.29 is 22.5 Å². The fraction of sp³-hybridized carbons (Fsp3) is 0.167. The van der Waals surface area contributed by atoms with Gasteiger partial charge >= 0.3 is 0 Å². The second kappa shape index (κ2) is 8.09. The number of carbonyl (C=O) groups is 1. The van der Waals surface area contributed by atoms with E-state index in [9.17, 15) is 13.2 Å². The van der Waals surface area contributed by atoms with Gasteiger partial charge in [-0.1, -0.05) is 17.3 Å². The molecule has 0 spiro atoms. The Balaban J connectivity index is 1.68. The van der Waals surface area contributed by atoms with Gasteiger partial charge in [-0.25, -0.2) is 8.42 Å². The average Bonchev–Trinajstić information content (AvgIpc) is 3.14. The highest BCUT2D eigenvalue weighted by Gasteiger charge is 2.15. The molecule has 28 heavy (non-hydrogen) atoms. The highest BCUT2D eigenvalue weighted by molar-refractivity contribution is 7.92. The Kier molecular flexibility index (Phi) is 5.59. The van der Waals surface area contributed by atoms with Gasteiger partial charge in [0.25, 0.3) is 5.91 Å². The molecular weight excluding hydrogens is 384 g/mol. The van der Waals surface area contributed by atoms with Crippen molar-refractivity contribution in [1.29, 1.82) is 0 Å². The van der Waals surface area contributed by atoms with Gasteiger partial charge in [0.2, 0.25) is 21.7 Å². The minimum Gasteiger partial charge on any atom is -0.497 e. The van der Waals surface area contributed by atoms with E-state index in [1.54, 1.807) is 43.5 Å². The standard InChI is InChI=1S/C18H18N4O5S/c1-26-13-9-7-12(8-10-13)17-20-16(27-21-17)11-19-18(23)14-5-3-4-6-15(14)22-28(2,24)25/h3-10,22H,11H2,1-2H3,(H,19,23). The van der Waals surface area contributed by atoms with Crippen LogP contribution in [0.5, 0.6) is 5.75 Å². The fourth-order valence-corrected chi connectivity index (χ4v) is 2.98. The predicted molar refractivity (Wildman–Crippen MR) is 102 cm³/mol. The van der Waals surface area contributed by atoms with E-state index in [-0.39, 0.29) is 23.7 Å². The molecule has 0 bridgehead atoms. The molecule has 9 nitrogen and oxygen atoms in total. The van der Waals surface area contributed by atoms with Crippen LogP contribution in [0.1, 0.15) is 16.2 Å². The zero-order valence-corrected chi connectivity index (χ0v) is 16.0. The van der Waals surface area contributed by atoms with Crippen LogP contribution < -0.4 is 14.8 Å². The van der Waals surface area contributed by atoms with Crippen LogP contribution >= 0.6 is 0 Å². The van der Waals surface area contributed by atoms with Crippen molar-refractivity contribution in [2.75, 3.05) is 18.1 Å². The van der Waals surface area contributed by atoms with Crippen LogP contribution in [-0.2, 0) is 16.6 Å². The van der Waals surface area contributed by atoms with Crippen molar-refractivity contribution in [2.24, 2.45) is 0 Å². The van der Waals surface area contributed by atoms with E-state index in [0.717, 1.165) is 11.8 Å². The first-order valence-electron chi connectivity index (χ1n) is 8.18. The lowest BCUT2D eigenvalue weighted by atomic mass is 10.1. The molecule has 0 unspecified atom stereocenters. The summed E-state index contributed by atoms with van der Waals surface area (Å²) in [6, 6.07) is 13.4. The van der Waals surface area contributed by atoms with E-state index < -0.39 is 15.9 Å². The third-order valence-electron chi connectivity index (χ3n) is 3.68. The minimum absolute atomic E-state index is 0.00476. The van der Waals surface area contributed by atoms with E-state index in [1.165, 1.54) is 12.1 Å². The van der Waals surface area contributed by atoms with Crippen molar-refractivity contribution in [3.8, 4) is 17.1 Å². The highest BCUT2D eigenvalue weighted by atomic mass is 32.2. The maximum absolute atomic E-state index is 12.4. The number of rotatable bonds is 7. The fourth-order valence-electron chi connectivity index (χ4n) is 2.40. The number of anilines is 1. The van der Waals surface area contributed by atoms with Crippen molar-refractivity contribution in [3.63, 3.8) is 0 Å². The lowest BCUT2D eigenvalue weighted by molar-refractivity contribution is 0.0947. The van der Waals surface area contributed by atoms with E-state index in [2.05, 4.69) is 20.2 Å². The van der Waals surface area contributed by atoms with Gasteiger partial charge in [-0.3, -0.25) is 9.52 Å². The van der Waals surface area contributed by atoms with Crippen LogP contribution in [0.2, 0.25) is 0 Å². The first-order chi connectivity index (χ1) is 13.4. The zero-order valence-electron chi connectivity index (χ0n) is 15.2. The van der Waals surface area contributed by atoms with Gasteiger partial charge in [0.05, 0.1) is 31.2 Å². The number of hydrogen-bond donors (Lipinski definition) is 2. The third kappa shape index (κ3) is 4.86. The van der Waals surface area contributed by atoms with Crippen molar-refractivity contribution >= 4 is 21.6 Å². The maximum atomic E-state index is 12.4. The lowest BCUT2D eigenvalue weighted by Crippen LogP contribution is -2.24. The molecule has 0 aliphatic heterocycles. The van der Waals surface area contributed by atoms with Crippen LogP contribution in [0.4, 0.5) is 5.69 Å². The van der Waals surface area contributed by atoms with Crippen molar-refractivity contribution in [1.82, 2.24) is 15.5 Å². The second-order valence-electron chi connectivity index (χ2n) is 5.84. The molecule has 1 aromatic heterocycles. The Morgan fingerprint density at radius 2 is 1.86 bits per heavy atom. The molecule has 2 N–H and O–H groups in total. The molecule has 1 amide bonds. The van der Waals surface area contributed by atoms with Crippen LogP contribution in [0.15, 0.2) is 53.1 Å². The summed E-state index contributed by atoms with van der Waals surface area (Å²) in [5, 5.41) is 6.52. The number of carbonyl (C=O) groups excluding carboxylic acids is 1. The van der Waals surface area contributed by atoms with Gasteiger partial charge in [0.1, 0.15) is 5.75 Å². The normalized spacial score (nSPS) is 11.1. The average molecular weight is 402 g/mol. The third-order valence-corrected chi connectivity index (χ3v) is 4.27. The van der Waals surface area contributed by atoms with E-state index in [0.29, 0.717) is 11.6 Å². The van der Waals surface area contributed by atoms with E-state index in [4.69, 9.17) is 9.26 Å². The van der Waals surface area contributed by atoms with Crippen LogP contribution in [0.3, 0.4) is 0 Å². The molecule has 0 aliphatic rings. The second-order valence-corrected chi connectivity index (χ2v) is 7.59. The number of methoxy groups -OCH3 is 1. The molecule has 0 fully saturated rings. The number of nitrogens with zero attached hydrogens (tertiary/aromatic N) is 2. The van der Waals surface area contributed by atoms with Crippen molar-refractivity contribution in [2.45, 2.75) is 6.54 Å². The lowest BCUT2D eigenvalue weighted by Gasteiger charge is -2.10. The maximum Gasteiger partial charge on any atom is 0.253 e. The summed E-state index contributed by atoms with van der Waals surface area (Å²) in [4.78, 5) is 16.7. The Morgan fingerprint density at radius 3 is 2.54 bits per heavy atom. The monoisotopic (exact) mass is 402 g/mol. The summed E-state index contributed by atoms with van der Waals surface area (Å²) < 4.78 is 35.5. The molecule has 0 radical (unpaired) electrons. The minimum atomic E-state index is -3.51. The topological polar surface area (TPSA) is 123 Å². The number of benzene rings is 2. The Bertz CT molecular complexity index is 1080. The number of nitrogens with one attached hydrogen (secondary N) is 2. The van der Waals surface area contributed by atoms with Crippen LogP contribution in [-0.4, -0.2) is 37.8 Å². The van der Waals surface area contributed by atoms with Gasteiger partial charge in [-0.15, -0.1) is 0 Å². The molecular formula is C18H18N4O5S. The number of para-hydroxylation sites is 1. The summed E-state index contributed by atoms with van der Waals surface area (Å²) >= 11 is 0. The predicted octanol–water partition coefficient (Wildman–Crippen LogP) is 2.05. The summed E-state index contributed by atoms with van der Waals surface area (Å²) in [6.45, 7) is -0.00476. The summed E-state index contributed by atoms with van der Waals surface area (Å²) in [7, 11) is -1.94. The van der Waals surface area contributed by atoms with Gasteiger partial charge in [0, 0.05) is 5.56 Å². The Hall–Kier alpha value is -3.40. The molecule has 0 saturated heterocycles. The number of amides is 1. The molecule has 2 aromatic carbocycles. The van der Waals surface area contributed by atoms with Gasteiger partial charge < -0.3 is 14.6 Å². The SMILES string of the molecule is COc1ccc(-c2noc(CNC(=O)c3ccccc3NS(C)(=O)=O)n2)cc1. The molecule has 3 aromatic rings. The van der Waals surface area contributed by atoms with E-state index in [1.807, 2.05) is 0 Å². The molecule has 3 rings (SSSR count). The largest absolute Gasteiger partial charge is 0.497 e. The molecule has 1 heterocycles. The van der Waals surface area contributed by atoms with E-state index >= 15 is 0 Å². The number of ether oxygens (including phenoxy) is 1. The highest BCUT2D eigenvalue weighted by Crippen LogP contribution is 2.20. The molecule has 0 aliphatic carbocycles. The molecule has 10 heteroatoms. The summed E-state index contributed by atoms with van der Waals surface area (Å²) in [6.07, 6.45) is 1.01. The number of sulfonamides is 1. The molecule has 0 saturated carbocycles.